The van der Waals surface area contributed by atoms with Gasteiger partial charge in [-0.25, -0.2) is 0 Å². The van der Waals surface area contributed by atoms with Gasteiger partial charge in [-0.2, -0.15) is 0 Å². The third-order valence-corrected chi connectivity index (χ3v) is 7.93. The average molecular weight is 480 g/mol. The predicted molar refractivity (Wildman–Crippen MR) is 140 cm³/mol. The highest BCUT2D eigenvalue weighted by molar-refractivity contribution is 5.70. The molecular formula is C28H53N3O3. The second kappa shape index (κ2) is 10.3. The number of carbonyl (C=O) groups excluding carboxylic acids is 1. The van der Waals surface area contributed by atoms with Gasteiger partial charge in [0, 0.05) is 30.2 Å². The summed E-state index contributed by atoms with van der Waals surface area (Å²) < 4.78 is 14.4. The second-order valence-electron chi connectivity index (χ2n) is 14.1. The zero-order valence-electron chi connectivity index (χ0n) is 24.7. The van der Waals surface area contributed by atoms with Crippen LogP contribution in [0.2, 0.25) is 0 Å². The summed E-state index contributed by atoms with van der Waals surface area (Å²) in [5.41, 5.74) is -0.490. The first-order valence-electron chi connectivity index (χ1n) is 12.8. The number of nitrogens with zero attached hydrogens (tertiary/aromatic N) is 3. The van der Waals surface area contributed by atoms with E-state index in [2.05, 4.69) is 99.6 Å². The molecule has 0 fully saturated rings. The van der Waals surface area contributed by atoms with Gasteiger partial charge >= 0.3 is 5.97 Å². The normalized spacial score (nSPS) is 14.4. The Hall–Kier alpha value is -1.43. The van der Waals surface area contributed by atoms with Gasteiger partial charge in [0.25, 0.3) is 0 Å². The molecule has 0 unspecified atom stereocenters. The van der Waals surface area contributed by atoms with Crippen LogP contribution in [0.5, 0.6) is 0 Å². The molecule has 0 atom stereocenters. The zero-order valence-corrected chi connectivity index (χ0v) is 24.7. The fourth-order valence-corrected chi connectivity index (χ4v) is 4.12. The maximum Gasteiger partial charge on any atom is 0.306 e. The number of esters is 1. The number of aryl methyl sites for hydroxylation is 1. The van der Waals surface area contributed by atoms with E-state index in [1.807, 2.05) is 18.5 Å². The average Bonchev–Trinajstić information content (AvgIpc) is 3.08. The SMILES string of the molecule is CCn1cc(C(C)(C)CC(C)(C)C(C)(C)OCCC(C)(C)C(C)(C)OC(=O)CC(C)(C)C)nn1. The number of hydrogen-bond donors (Lipinski definition) is 0. The summed E-state index contributed by atoms with van der Waals surface area (Å²) in [4.78, 5) is 12.5. The molecule has 0 aliphatic rings. The Labute approximate surface area is 209 Å². The highest BCUT2D eigenvalue weighted by Crippen LogP contribution is 2.45. The molecule has 0 bridgehead atoms. The van der Waals surface area contributed by atoms with E-state index in [0.717, 1.165) is 25.1 Å². The highest BCUT2D eigenvalue weighted by Gasteiger charge is 2.45. The summed E-state index contributed by atoms with van der Waals surface area (Å²) in [7, 11) is 0. The molecule has 0 aliphatic heterocycles. The zero-order chi connectivity index (χ0) is 26.8. The molecule has 6 heteroatoms. The van der Waals surface area contributed by atoms with Crippen molar-refractivity contribution in [2.45, 2.75) is 139 Å². The van der Waals surface area contributed by atoms with Crippen molar-refractivity contribution in [3.63, 3.8) is 0 Å². The molecule has 0 saturated heterocycles. The smallest absolute Gasteiger partial charge is 0.306 e. The van der Waals surface area contributed by atoms with Crippen molar-refractivity contribution in [3.05, 3.63) is 11.9 Å². The van der Waals surface area contributed by atoms with Gasteiger partial charge in [-0.15, -0.1) is 5.10 Å². The van der Waals surface area contributed by atoms with Crippen LogP contribution in [0.15, 0.2) is 6.20 Å². The first kappa shape index (κ1) is 30.6. The number of hydrogen-bond acceptors (Lipinski definition) is 5. The van der Waals surface area contributed by atoms with Crippen molar-refractivity contribution in [2.24, 2.45) is 16.2 Å². The van der Waals surface area contributed by atoms with Crippen molar-refractivity contribution < 1.29 is 14.3 Å². The van der Waals surface area contributed by atoms with Gasteiger partial charge in [0.05, 0.1) is 17.7 Å². The molecule has 1 aromatic rings. The molecule has 0 aliphatic carbocycles. The molecule has 198 valence electrons. The molecular weight excluding hydrogens is 426 g/mol. The molecule has 0 radical (unpaired) electrons. The molecule has 0 spiro atoms. The summed E-state index contributed by atoms with van der Waals surface area (Å²) in [5, 5.41) is 8.65. The fourth-order valence-electron chi connectivity index (χ4n) is 4.12. The molecule has 0 amide bonds. The molecule has 1 aromatic heterocycles. The van der Waals surface area contributed by atoms with Crippen molar-refractivity contribution in [3.8, 4) is 0 Å². The number of ether oxygens (including phenoxy) is 2. The van der Waals surface area contributed by atoms with E-state index < -0.39 is 5.60 Å². The Kier molecular flexibility index (Phi) is 9.25. The third kappa shape index (κ3) is 8.07. The Bertz CT molecular complexity index is 811. The number of rotatable bonds is 12. The summed E-state index contributed by atoms with van der Waals surface area (Å²) in [6, 6.07) is 0. The largest absolute Gasteiger partial charge is 0.459 e. The number of carbonyl (C=O) groups is 1. The van der Waals surface area contributed by atoms with Crippen molar-refractivity contribution in [1.82, 2.24) is 15.0 Å². The van der Waals surface area contributed by atoms with E-state index in [-0.39, 0.29) is 33.2 Å². The van der Waals surface area contributed by atoms with Crippen LogP contribution >= 0.6 is 0 Å². The van der Waals surface area contributed by atoms with E-state index >= 15 is 0 Å². The van der Waals surface area contributed by atoms with E-state index in [9.17, 15) is 4.79 Å². The van der Waals surface area contributed by atoms with Gasteiger partial charge < -0.3 is 9.47 Å². The molecule has 0 N–H and O–H groups in total. The van der Waals surface area contributed by atoms with Crippen LogP contribution in [-0.2, 0) is 26.2 Å². The molecule has 0 aromatic carbocycles. The minimum atomic E-state index is -0.592. The molecule has 0 saturated carbocycles. The minimum absolute atomic E-state index is 0.0887. The van der Waals surface area contributed by atoms with Crippen LogP contribution < -0.4 is 0 Å². The first-order chi connectivity index (χ1) is 15.1. The standard InChI is InChI=1S/C28H53N3O3/c1-15-31-19-21(29-30-31)24(5,6)20-26(9,10)27(11,12)33-17-16-25(7,8)28(13,14)34-22(32)18-23(2,3)4/h19H,15-18,20H2,1-14H3. The maximum absolute atomic E-state index is 12.5. The van der Waals surface area contributed by atoms with Gasteiger partial charge in [-0.3, -0.25) is 9.48 Å². The minimum Gasteiger partial charge on any atom is -0.459 e. The molecule has 1 heterocycles. The molecule has 1 rings (SSSR count). The quantitative estimate of drug-likeness (QED) is 0.303. The monoisotopic (exact) mass is 479 g/mol. The van der Waals surface area contributed by atoms with E-state index in [1.165, 1.54) is 0 Å². The van der Waals surface area contributed by atoms with Crippen LogP contribution in [-0.4, -0.2) is 38.8 Å². The Morgan fingerprint density at radius 1 is 0.882 bits per heavy atom. The fraction of sp³-hybridized carbons (Fsp3) is 0.893. The van der Waals surface area contributed by atoms with Crippen LogP contribution in [0.1, 0.15) is 122 Å². The summed E-state index contributed by atoms with van der Waals surface area (Å²) in [6.07, 6.45) is 4.16. The predicted octanol–water partition coefficient (Wildman–Crippen LogP) is 6.96. The lowest BCUT2D eigenvalue weighted by molar-refractivity contribution is -0.175. The highest BCUT2D eigenvalue weighted by atomic mass is 16.6. The van der Waals surface area contributed by atoms with Crippen molar-refractivity contribution in [1.29, 1.82) is 0 Å². The van der Waals surface area contributed by atoms with Crippen LogP contribution in [0.3, 0.4) is 0 Å². The van der Waals surface area contributed by atoms with Crippen molar-refractivity contribution >= 4 is 5.97 Å². The van der Waals surface area contributed by atoms with E-state index in [0.29, 0.717) is 13.0 Å². The van der Waals surface area contributed by atoms with Crippen LogP contribution in [0.25, 0.3) is 0 Å². The summed E-state index contributed by atoms with van der Waals surface area (Å²) >= 11 is 0. The Morgan fingerprint density at radius 2 is 1.44 bits per heavy atom. The van der Waals surface area contributed by atoms with Gasteiger partial charge in [-0.1, -0.05) is 67.5 Å². The van der Waals surface area contributed by atoms with Crippen molar-refractivity contribution in [2.75, 3.05) is 6.61 Å². The van der Waals surface area contributed by atoms with E-state index in [1.54, 1.807) is 0 Å². The lowest BCUT2D eigenvalue weighted by Crippen LogP contribution is -2.47. The van der Waals surface area contributed by atoms with Gasteiger partial charge in [0.2, 0.25) is 0 Å². The maximum atomic E-state index is 12.5. The van der Waals surface area contributed by atoms with Gasteiger partial charge in [-0.05, 0) is 58.3 Å². The first-order valence-corrected chi connectivity index (χ1v) is 12.8. The lowest BCUT2D eigenvalue weighted by atomic mass is 9.66. The summed E-state index contributed by atoms with van der Waals surface area (Å²) in [5.74, 6) is -0.143. The van der Waals surface area contributed by atoms with Crippen LogP contribution in [0.4, 0.5) is 0 Å². The molecule has 6 nitrogen and oxygen atoms in total. The van der Waals surface area contributed by atoms with Crippen LogP contribution in [0, 0.1) is 16.2 Å². The number of aromatic nitrogens is 3. The molecule has 34 heavy (non-hydrogen) atoms. The Morgan fingerprint density at radius 3 is 1.91 bits per heavy atom. The summed E-state index contributed by atoms with van der Waals surface area (Å²) in [6.45, 7) is 31.3. The Balaban J connectivity index is 2.81. The van der Waals surface area contributed by atoms with Gasteiger partial charge in [0.1, 0.15) is 5.60 Å². The lowest BCUT2D eigenvalue weighted by Gasteiger charge is -2.46. The second-order valence-corrected chi connectivity index (χ2v) is 14.1. The third-order valence-electron chi connectivity index (χ3n) is 7.93. The van der Waals surface area contributed by atoms with E-state index in [4.69, 9.17) is 9.47 Å². The van der Waals surface area contributed by atoms with Gasteiger partial charge in [0.15, 0.2) is 0 Å². The topological polar surface area (TPSA) is 66.2 Å².